The van der Waals surface area contributed by atoms with E-state index in [-0.39, 0.29) is 44.1 Å². The number of nitrogens with one attached hydrogen (secondary N) is 2. The zero-order chi connectivity index (χ0) is 18.4. The average molecular weight is 568 g/mol. The molecule has 0 saturated heterocycles. The Kier molecular flexibility index (Phi) is 16.9. The molecule has 0 saturated carbocycles. The molecule has 0 aliphatic carbocycles. The molecule has 25 heavy (non-hydrogen) atoms. The zero-order valence-corrected chi connectivity index (χ0v) is 21.2. The van der Waals surface area contributed by atoms with Crippen molar-refractivity contribution < 1.29 is 41.9 Å². The smallest absolute Gasteiger partial charge is 0.220 e. The number of nitriles is 1. The van der Waals surface area contributed by atoms with Crippen LogP contribution in [0.2, 0.25) is 0 Å². The number of carbonyl (C=O) groups excluding carboxylic acids is 2. The molecule has 0 aromatic carbocycles. The summed E-state index contributed by atoms with van der Waals surface area (Å²) in [4.78, 5) is 23.5. The maximum absolute atomic E-state index is 11.8. The summed E-state index contributed by atoms with van der Waals surface area (Å²) in [6.45, 7) is 8.59. The average Bonchev–Trinajstić information content (AvgIpc) is 2.60. The molecule has 1 unspecified atom stereocenters. The Bertz CT molecular complexity index is 419. The van der Waals surface area contributed by atoms with Gasteiger partial charge in [-0.05, 0) is 32.6 Å². The number of unbranched alkanes of at least 4 members (excludes halogenated alkanes) is 2. The van der Waals surface area contributed by atoms with Crippen molar-refractivity contribution in [2.75, 3.05) is 6.54 Å². The number of carbonyl (C=O) groups is 2. The number of rotatable bonds is 13. The van der Waals surface area contributed by atoms with Gasteiger partial charge in [-0.3, -0.25) is 9.59 Å². The van der Waals surface area contributed by atoms with Crippen molar-refractivity contribution in [3.05, 3.63) is 6.04 Å². The van der Waals surface area contributed by atoms with Gasteiger partial charge in [0.15, 0.2) is 5.91 Å². The molecule has 2 amide bonds. The van der Waals surface area contributed by atoms with Gasteiger partial charge in [-0.15, -0.1) is 0 Å². The molecule has 0 fully saturated rings. The van der Waals surface area contributed by atoms with Crippen LogP contribution < -0.4 is 10.6 Å². The van der Waals surface area contributed by atoms with E-state index in [0.717, 1.165) is 44.6 Å². The van der Waals surface area contributed by atoms with Gasteiger partial charge in [0.1, 0.15) is 0 Å². The van der Waals surface area contributed by atoms with E-state index in [1.54, 1.807) is 0 Å². The van der Waals surface area contributed by atoms with Gasteiger partial charge in [0, 0.05) is 51.7 Å². The van der Waals surface area contributed by atoms with Gasteiger partial charge in [0.05, 0.1) is 11.5 Å². The second-order valence-electron chi connectivity index (χ2n) is 6.55. The van der Waals surface area contributed by atoms with Crippen molar-refractivity contribution in [1.82, 2.24) is 10.6 Å². The molecule has 2 N–H and O–H groups in total. The molecule has 0 aliphatic heterocycles. The second kappa shape index (κ2) is 15.8. The first kappa shape index (κ1) is 26.7. The fourth-order valence-corrected chi connectivity index (χ4v) is 2.29. The van der Waals surface area contributed by atoms with Gasteiger partial charge in [0.2, 0.25) is 5.91 Å². The third-order valence-electron chi connectivity index (χ3n) is 4.53. The van der Waals surface area contributed by atoms with Crippen molar-refractivity contribution in [2.24, 2.45) is 5.41 Å². The first-order valence-corrected chi connectivity index (χ1v) is 9.23. The molecule has 0 aromatic rings. The summed E-state index contributed by atoms with van der Waals surface area (Å²) >= 11 is 0. The van der Waals surface area contributed by atoms with E-state index in [1.807, 2.05) is 27.7 Å². The van der Waals surface area contributed by atoms with Crippen molar-refractivity contribution >= 4 is 11.8 Å². The number of nitrogens with zero attached hydrogens (tertiary/aromatic N) is 1. The molecule has 6 heteroatoms. The molecular formula is C19H34N3O2Pa-. The molecule has 0 rings (SSSR count). The molecule has 1 radical (unpaired) electrons. The van der Waals surface area contributed by atoms with E-state index < -0.39 is 5.41 Å². The van der Waals surface area contributed by atoms with Crippen LogP contribution >= 0.6 is 0 Å². The Morgan fingerprint density at radius 2 is 1.68 bits per heavy atom. The fraction of sp³-hybridized carbons (Fsp3) is 0.789. The van der Waals surface area contributed by atoms with E-state index in [1.165, 1.54) is 0 Å². The Hall–Kier alpha value is -0.479. The summed E-state index contributed by atoms with van der Waals surface area (Å²) in [5.74, 6) is 0.0980. The predicted molar refractivity (Wildman–Crippen MR) is 96.7 cm³/mol. The normalized spacial score (nSPS) is 12.6. The summed E-state index contributed by atoms with van der Waals surface area (Å²) in [6, 6.07) is 3.37. The van der Waals surface area contributed by atoms with E-state index in [9.17, 15) is 9.59 Å². The summed E-state index contributed by atoms with van der Waals surface area (Å²) < 4.78 is 0. The van der Waals surface area contributed by atoms with Gasteiger partial charge in [-0.1, -0.05) is 27.2 Å². The molecule has 5 nitrogen and oxygen atoms in total. The molecule has 0 spiro atoms. The molecule has 0 heterocycles. The van der Waals surface area contributed by atoms with Crippen molar-refractivity contribution in [1.29, 1.82) is 5.26 Å². The van der Waals surface area contributed by atoms with Crippen LogP contribution in [0.15, 0.2) is 0 Å². The van der Waals surface area contributed by atoms with Crippen LogP contribution in [-0.4, -0.2) is 18.4 Å². The van der Waals surface area contributed by atoms with Gasteiger partial charge in [-0.25, -0.2) is 6.04 Å². The van der Waals surface area contributed by atoms with Gasteiger partial charge in [-0.2, -0.15) is 18.1 Å². The topological polar surface area (TPSA) is 82.0 Å². The third-order valence-corrected chi connectivity index (χ3v) is 4.53. The Morgan fingerprint density at radius 1 is 1.04 bits per heavy atom. The van der Waals surface area contributed by atoms with Crippen LogP contribution in [0.25, 0.3) is 0 Å². The minimum Gasteiger partial charge on any atom is -0.503 e. The van der Waals surface area contributed by atoms with Gasteiger partial charge < -0.3 is 10.6 Å². The monoisotopic (exact) mass is 567 g/mol. The minimum atomic E-state index is -0.405. The van der Waals surface area contributed by atoms with Crippen LogP contribution in [0, 0.1) is 55.1 Å². The fourth-order valence-electron chi connectivity index (χ4n) is 2.29. The Balaban J connectivity index is 0. The number of hydrogen-bond acceptors (Lipinski definition) is 3. The molecular weight excluding hydrogens is 533 g/mol. The molecule has 141 valence electrons. The van der Waals surface area contributed by atoms with Crippen molar-refractivity contribution in [3.63, 3.8) is 0 Å². The maximum Gasteiger partial charge on any atom is 0.220 e. The summed E-state index contributed by atoms with van der Waals surface area (Å²) in [5.41, 5.74) is -0.405. The molecule has 0 aliphatic rings. The molecule has 0 bridgehead atoms. The van der Waals surface area contributed by atoms with Gasteiger partial charge in [0.25, 0.3) is 0 Å². The maximum atomic E-state index is 11.8. The van der Waals surface area contributed by atoms with E-state index in [0.29, 0.717) is 25.8 Å². The predicted octanol–water partition coefficient (Wildman–Crippen LogP) is 3.85. The second-order valence-corrected chi connectivity index (χ2v) is 6.55. The third kappa shape index (κ3) is 13.4. The Morgan fingerprint density at radius 3 is 2.20 bits per heavy atom. The van der Waals surface area contributed by atoms with Crippen LogP contribution in [-0.2, 0) is 9.59 Å². The van der Waals surface area contributed by atoms with Crippen LogP contribution in [0.4, 0.5) is 0 Å². The first-order chi connectivity index (χ1) is 11.4. The largest absolute Gasteiger partial charge is 0.503 e. The quantitative estimate of drug-likeness (QED) is 0.262. The molecule has 0 aromatic heterocycles. The van der Waals surface area contributed by atoms with E-state index >= 15 is 0 Å². The number of amides is 2. The summed E-state index contributed by atoms with van der Waals surface area (Å²) in [7, 11) is 0. The van der Waals surface area contributed by atoms with E-state index in [2.05, 4.69) is 16.7 Å². The van der Waals surface area contributed by atoms with Crippen molar-refractivity contribution in [3.8, 4) is 6.07 Å². The van der Waals surface area contributed by atoms with Crippen LogP contribution in [0.3, 0.4) is 0 Å². The summed E-state index contributed by atoms with van der Waals surface area (Å²) in [6.07, 6.45) is 6.70. The van der Waals surface area contributed by atoms with Crippen molar-refractivity contribution in [2.45, 2.75) is 85.5 Å². The SMILES string of the molecule is CC[C-](CC)NC(=O)CCCCCNC(=O)CCC(C)(C#N)CC.[Pa]. The Labute approximate surface area is 178 Å². The van der Waals surface area contributed by atoms with Crippen LogP contribution in [0.1, 0.15) is 85.5 Å². The number of hydrogen-bond donors (Lipinski definition) is 2. The van der Waals surface area contributed by atoms with Crippen LogP contribution in [0.5, 0.6) is 0 Å². The standard InChI is InChI=1S/C19H34N3O2.Pa/c1-5-16(6-2)22-18(24)11-9-8-10-14-21-17(23)12-13-19(4,7-3)15-20;/h5-14H2,1-4H3,(H,21,23)(H,22,24);/q-1;. The van der Waals surface area contributed by atoms with Gasteiger partial charge >= 0.3 is 0 Å². The minimum absolute atomic E-state index is 0. The zero-order valence-electron chi connectivity index (χ0n) is 16.4. The summed E-state index contributed by atoms with van der Waals surface area (Å²) in [5, 5.41) is 14.9. The molecule has 1 atom stereocenters. The first-order valence-electron chi connectivity index (χ1n) is 9.23. The van der Waals surface area contributed by atoms with E-state index in [4.69, 9.17) is 5.26 Å².